The van der Waals surface area contributed by atoms with Crippen LogP contribution in [0.4, 0.5) is 9.52 Å². The van der Waals surface area contributed by atoms with Gasteiger partial charge in [-0.05, 0) is 42.7 Å². The summed E-state index contributed by atoms with van der Waals surface area (Å²) in [6, 6.07) is 10.7. The minimum absolute atomic E-state index is 0.0913. The summed E-state index contributed by atoms with van der Waals surface area (Å²) in [4.78, 5) is 29.5. The van der Waals surface area contributed by atoms with Gasteiger partial charge in [-0.25, -0.2) is 9.37 Å². The molecule has 0 radical (unpaired) electrons. The second-order valence-electron chi connectivity index (χ2n) is 6.65. The topological polar surface area (TPSA) is 71.1 Å². The molecule has 0 spiro atoms. The SMILES string of the molecule is Cc1ccc2nc(NC(=O)[C@H](NC(=O)c3ccccc3F)C(C)C)sc2c1. The van der Waals surface area contributed by atoms with E-state index in [1.807, 2.05) is 39.0 Å². The van der Waals surface area contributed by atoms with Gasteiger partial charge in [0.2, 0.25) is 5.91 Å². The number of aryl methyl sites for hydroxylation is 1. The van der Waals surface area contributed by atoms with E-state index >= 15 is 0 Å². The number of hydrogen-bond donors (Lipinski definition) is 2. The lowest BCUT2D eigenvalue weighted by Gasteiger charge is -2.21. The van der Waals surface area contributed by atoms with Crippen molar-refractivity contribution in [2.45, 2.75) is 26.8 Å². The first-order chi connectivity index (χ1) is 12.8. The Hall–Kier alpha value is -2.80. The zero-order chi connectivity index (χ0) is 19.6. The van der Waals surface area contributed by atoms with Gasteiger partial charge in [0.25, 0.3) is 5.91 Å². The van der Waals surface area contributed by atoms with Gasteiger partial charge in [0, 0.05) is 0 Å². The average Bonchev–Trinajstić information content (AvgIpc) is 3.00. The number of carbonyl (C=O) groups excluding carboxylic acids is 2. The molecule has 2 N–H and O–H groups in total. The number of rotatable bonds is 5. The lowest BCUT2D eigenvalue weighted by Crippen LogP contribution is -2.47. The van der Waals surface area contributed by atoms with Crippen LogP contribution in [0.3, 0.4) is 0 Å². The normalized spacial score (nSPS) is 12.2. The van der Waals surface area contributed by atoms with E-state index in [0.717, 1.165) is 15.8 Å². The first-order valence-electron chi connectivity index (χ1n) is 8.58. The van der Waals surface area contributed by atoms with Crippen molar-refractivity contribution in [1.82, 2.24) is 10.3 Å². The summed E-state index contributed by atoms with van der Waals surface area (Å²) in [5, 5.41) is 5.85. The Kier molecular flexibility index (Phi) is 5.51. The van der Waals surface area contributed by atoms with E-state index in [2.05, 4.69) is 15.6 Å². The fourth-order valence-corrected chi connectivity index (χ4v) is 3.63. The lowest BCUT2D eigenvalue weighted by molar-refractivity contribution is -0.118. The highest BCUT2D eigenvalue weighted by Crippen LogP contribution is 2.27. The van der Waals surface area contributed by atoms with Crippen molar-refractivity contribution in [3.63, 3.8) is 0 Å². The Labute approximate surface area is 160 Å². The number of thiazole rings is 1. The quantitative estimate of drug-likeness (QED) is 0.693. The van der Waals surface area contributed by atoms with Gasteiger partial charge in [0.15, 0.2) is 5.13 Å². The van der Waals surface area contributed by atoms with Crippen molar-refractivity contribution in [2.75, 3.05) is 5.32 Å². The third kappa shape index (κ3) is 4.31. The predicted molar refractivity (Wildman–Crippen MR) is 105 cm³/mol. The van der Waals surface area contributed by atoms with Crippen LogP contribution in [0.1, 0.15) is 29.8 Å². The monoisotopic (exact) mass is 385 g/mol. The van der Waals surface area contributed by atoms with Crippen LogP contribution in [0.2, 0.25) is 0 Å². The maximum absolute atomic E-state index is 13.8. The Morgan fingerprint density at radius 3 is 2.59 bits per heavy atom. The third-order valence-electron chi connectivity index (χ3n) is 4.13. The summed E-state index contributed by atoms with van der Waals surface area (Å²) in [6.07, 6.45) is 0. The number of aromatic nitrogens is 1. The molecule has 1 atom stereocenters. The van der Waals surface area contributed by atoms with Crippen molar-refractivity contribution < 1.29 is 14.0 Å². The largest absolute Gasteiger partial charge is 0.340 e. The number of fused-ring (bicyclic) bond motifs is 1. The Bertz CT molecular complexity index is 1000. The van der Waals surface area contributed by atoms with Gasteiger partial charge in [-0.15, -0.1) is 0 Å². The molecule has 0 saturated carbocycles. The molecule has 27 heavy (non-hydrogen) atoms. The van der Waals surface area contributed by atoms with Crippen LogP contribution in [-0.2, 0) is 4.79 Å². The molecule has 7 heteroatoms. The summed E-state index contributed by atoms with van der Waals surface area (Å²) in [6.45, 7) is 5.62. The Morgan fingerprint density at radius 2 is 1.89 bits per heavy atom. The van der Waals surface area contributed by atoms with Crippen molar-refractivity contribution in [2.24, 2.45) is 5.92 Å². The molecule has 0 aliphatic carbocycles. The summed E-state index contributed by atoms with van der Waals surface area (Å²) in [5.41, 5.74) is 1.82. The van der Waals surface area contributed by atoms with Crippen LogP contribution in [0, 0.1) is 18.7 Å². The molecular formula is C20H20FN3O2S. The zero-order valence-electron chi connectivity index (χ0n) is 15.2. The smallest absolute Gasteiger partial charge is 0.254 e. The van der Waals surface area contributed by atoms with E-state index in [4.69, 9.17) is 0 Å². The highest BCUT2D eigenvalue weighted by atomic mass is 32.1. The highest BCUT2D eigenvalue weighted by molar-refractivity contribution is 7.22. The van der Waals surface area contributed by atoms with Crippen LogP contribution in [0.5, 0.6) is 0 Å². The molecule has 140 valence electrons. The lowest BCUT2D eigenvalue weighted by atomic mass is 10.0. The molecule has 0 aliphatic heterocycles. The molecule has 3 rings (SSSR count). The van der Waals surface area contributed by atoms with E-state index in [0.29, 0.717) is 5.13 Å². The molecule has 0 fully saturated rings. The van der Waals surface area contributed by atoms with Gasteiger partial charge in [-0.1, -0.05) is 43.4 Å². The zero-order valence-corrected chi connectivity index (χ0v) is 16.1. The van der Waals surface area contributed by atoms with Crippen LogP contribution >= 0.6 is 11.3 Å². The maximum atomic E-state index is 13.8. The standard InChI is InChI=1S/C20H20FN3O2S/c1-11(2)17(23-18(25)13-6-4-5-7-14(13)21)19(26)24-20-22-15-9-8-12(3)10-16(15)27-20/h4-11,17H,1-3H3,(H,23,25)(H,22,24,26)/t17-/m1/s1. The number of benzene rings is 2. The first kappa shape index (κ1) is 19.0. The van der Waals surface area contributed by atoms with Crippen LogP contribution in [-0.4, -0.2) is 22.8 Å². The molecule has 2 amide bonds. The van der Waals surface area contributed by atoms with Crippen molar-refractivity contribution in [3.05, 3.63) is 59.4 Å². The summed E-state index contributed by atoms with van der Waals surface area (Å²) in [7, 11) is 0. The highest BCUT2D eigenvalue weighted by Gasteiger charge is 2.26. The second kappa shape index (κ2) is 7.84. The molecule has 0 aliphatic rings. The van der Waals surface area contributed by atoms with Gasteiger partial charge in [0.1, 0.15) is 11.9 Å². The number of halogens is 1. The fourth-order valence-electron chi connectivity index (χ4n) is 2.67. The first-order valence-corrected chi connectivity index (χ1v) is 9.40. The molecule has 1 aromatic heterocycles. The van der Waals surface area contributed by atoms with E-state index in [-0.39, 0.29) is 17.4 Å². The number of carbonyl (C=O) groups is 2. The minimum atomic E-state index is -0.814. The average molecular weight is 385 g/mol. The molecule has 0 unspecified atom stereocenters. The molecule has 2 aromatic carbocycles. The van der Waals surface area contributed by atoms with Crippen LogP contribution in [0.25, 0.3) is 10.2 Å². The van der Waals surface area contributed by atoms with Gasteiger partial charge in [-0.3, -0.25) is 9.59 Å². The second-order valence-corrected chi connectivity index (χ2v) is 7.69. The van der Waals surface area contributed by atoms with E-state index in [1.165, 1.54) is 29.5 Å². The van der Waals surface area contributed by atoms with E-state index < -0.39 is 17.8 Å². The number of amides is 2. The maximum Gasteiger partial charge on any atom is 0.254 e. The van der Waals surface area contributed by atoms with Crippen molar-refractivity contribution in [1.29, 1.82) is 0 Å². The summed E-state index contributed by atoms with van der Waals surface area (Å²) >= 11 is 1.37. The predicted octanol–water partition coefficient (Wildman–Crippen LogP) is 4.14. The molecule has 3 aromatic rings. The van der Waals surface area contributed by atoms with Crippen molar-refractivity contribution in [3.8, 4) is 0 Å². The molecule has 1 heterocycles. The third-order valence-corrected chi connectivity index (χ3v) is 5.06. The summed E-state index contributed by atoms with van der Waals surface area (Å²) < 4.78 is 14.8. The minimum Gasteiger partial charge on any atom is -0.340 e. The van der Waals surface area contributed by atoms with Gasteiger partial charge in [-0.2, -0.15) is 0 Å². The number of nitrogens with zero attached hydrogens (tertiary/aromatic N) is 1. The molecule has 0 saturated heterocycles. The fraction of sp³-hybridized carbons (Fsp3) is 0.250. The Morgan fingerprint density at radius 1 is 1.15 bits per heavy atom. The number of hydrogen-bond acceptors (Lipinski definition) is 4. The van der Waals surface area contributed by atoms with Gasteiger partial charge in [0.05, 0.1) is 15.8 Å². The summed E-state index contributed by atoms with van der Waals surface area (Å²) in [5.74, 6) is -1.82. The molecule has 0 bridgehead atoms. The number of anilines is 1. The van der Waals surface area contributed by atoms with Gasteiger partial charge >= 0.3 is 0 Å². The Balaban J connectivity index is 1.76. The molecule has 5 nitrogen and oxygen atoms in total. The van der Waals surface area contributed by atoms with Crippen LogP contribution < -0.4 is 10.6 Å². The van der Waals surface area contributed by atoms with E-state index in [9.17, 15) is 14.0 Å². The van der Waals surface area contributed by atoms with Crippen molar-refractivity contribution >= 4 is 38.5 Å². The van der Waals surface area contributed by atoms with Gasteiger partial charge < -0.3 is 10.6 Å². The van der Waals surface area contributed by atoms with Crippen LogP contribution in [0.15, 0.2) is 42.5 Å². The number of nitrogens with one attached hydrogen (secondary N) is 2. The molecular weight excluding hydrogens is 365 g/mol. The van der Waals surface area contributed by atoms with E-state index in [1.54, 1.807) is 6.07 Å².